The van der Waals surface area contributed by atoms with Crippen LogP contribution >= 0.6 is 33.9 Å². The van der Waals surface area contributed by atoms with Gasteiger partial charge in [-0.25, -0.2) is 4.98 Å². The standard InChI is InChI=1S/C14H13IN2OS/c15-11-6-4-9(5-7-11)12-8-19-14(16-12)17-13(18)10-2-1-3-10/h4-8,10H,1-3H2,(H,16,17,18). The molecular weight excluding hydrogens is 371 g/mol. The van der Waals surface area contributed by atoms with Gasteiger partial charge in [0.2, 0.25) is 5.91 Å². The lowest BCUT2D eigenvalue weighted by atomic mass is 9.85. The van der Waals surface area contributed by atoms with E-state index in [-0.39, 0.29) is 11.8 Å². The van der Waals surface area contributed by atoms with Crippen LogP contribution in [0.1, 0.15) is 19.3 Å². The summed E-state index contributed by atoms with van der Waals surface area (Å²) in [5.74, 6) is 0.320. The van der Waals surface area contributed by atoms with E-state index in [1.807, 2.05) is 17.5 Å². The van der Waals surface area contributed by atoms with Gasteiger partial charge in [-0.05, 0) is 47.6 Å². The quantitative estimate of drug-likeness (QED) is 0.808. The molecule has 1 fully saturated rings. The summed E-state index contributed by atoms with van der Waals surface area (Å²) in [6, 6.07) is 8.21. The molecule has 0 unspecified atom stereocenters. The van der Waals surface area contributed by atoms with Crippen molar-refractivity contribution in [3.63, 3.8) is 0 Å². The summed E-state index contributed by atoms with van der Waals surface area (Å²) in [5, 5.41) is 5.60. The number of nitrogens with zero attached hydrogens (tertiary/aromatic N) is 1. The van der Waals surface area contributed by atoms with Crippen LogP contribution in [0.15, 0.2) is 29.6 Å². The van der Waals surface area contributed by atoms with Crippen molar-refractivity contribution in [1.82, 2.24) is 4.98 Å². The van der Waals surface area contributed by atoms with Crippen molar-refractivity contribution < 1.29 is 4.79 Å². The summed E-state index contributed by atoms with van der Waals surface area (Å²) in [6.07, 6.45) is 3.20. The van der Waals surface area contributed by atoms with Crippen molar-refractivity contribution in [1.29, 1.82) is 0 Å². The highest BCUT2D eigenvalue weighted by molar-refractivity contribution is 14.1. The first-order chi connectivity index (χ1) is 9.22. The Hall–Kier alpha value is -0.950. The van der Waals surface area contributed by atoms with E-state index in [9.17, 15) is 4.79 Å². The van der Waals surface area contributed by atoms with Crippen molar-refractivity contribution in [2.45, 2.75) is 19.3 Å². The number of aromatic nitrogens is 1. The van der Waals surface area contributed by atoms with E-state index in [1.165, 1.54) is 21.3 Å². The number of hydrogen-bond acceptors (Lipinski definition) is 3. The minimum atomic E-state index is 0.120. The number of amides is 1. The maximum absolute atomic E-state index is 11.8. The Morgan fingerprint density at radius 2 is 2.05 bits per heavy atom. The van der Waals surface area contributed by atoms with Gasteiger partial charge in [-0.1, -0.05) is 18.6 Å². The lowest BCUT2D eigenvalue weighted by Gasteiger charge is -2.23. The number of carbonyl (C=O) groups is 1. The third-order valence-corrected chi connectivity index (χ3v) is 4.83. The lowest BCUT2D eigenvalue weighted by Crippen LogP contribution is -2.27. The molecule has 1 heterocycles. The predicted molar refractivity (Wildman–Crippen MR) is 86.2 cm³/mol. The first-order valence-electron chi connectivity index (χ1n) is 6.25. The maximum atomic E-state index is 11.8. The van der Waals surface area contributed by atoms with Gasteiger partial charge in [0.1, 0.15) is 0 Å². The van der Waals surface area contributed by atoms with Crippen LogP contribution in [-0.4, -0.2) is 10.9 Å². The topological polar surface area (TPSA) is 42.0 Å². The van der Waals surface area contributed by atoms with E-state index in [2.05, 4.69) is 45.0 Å². The highest BCUT2D eigenvalue weighted by atomic mass is 127. The molecular formula is C14H13IN2OS. The highest BCUT2D eigenvalue weighted by Crippen LogP contribution is 2.29. The van der Waals surface area contributed by atoms with E-state index in [1.54, 1.807) is 0 Å². The monoisotopic (exact) mass is 384 g/mol. The fourth-order valence-electron chi connectivity index (χ4n) is 1.96. The van der Waals surface area contributed by atoms with Crippen molar-refractivity contribution >= 4 is 45.0 Å². The summed E-state index contributed by atoms with van der Waals surface area (Å²) in [4.78, 5) is 16.3. The Kier molecular flexibility index (Phi) is 3.83. The fraction of sp³-hybridized carbons (Fsp3) is 0.286. The van der Waals surface area contributed by atoms with E-state index in [0.717, 1.165) is 24.1 Å². The molecule has 3 rings (SSSR count). The molecule has 0 radical (unpaired) electrons. The second-order valence-electron chi connectivity index (χ2n) is 4.66. The van der Waals surface area contributed by atoms with Gasteiger partial charge >= 0.3 is 0 Å². The molecule has 98 valence electrons. The fourth-order valence-corrected chi connectivity index (χ4v) is 3.04. The molecule has 0 saturated heterocycles. The first kappa shape index (κ1) is 13.1. The SMILES string of the molecule is O=C(Nc1nc(-c2ccc(I)cc2)cs1)C1CCC1. The molecule has 0 bridgehead atoms. The van der Waals surface area contributed by atoms with E-state index >= 15 is 0 Å². The van der Waals surface area contributed by atoms with Crippen molar-refractivity contribution in [2.75, 3.05) is 5.32 Å². The van der Waals surface area contributed by atoms with Crippen LogP contribution in [0.25, 0.3) is 11.3 Å². The molecule has 1 aromatic heterocycles. The number of benzene rings is 1. The van der Waals surface area contributed by atoms with Crippen LogP contribution in [0.2, 0.25) is 0 Å². The Balaban J connectivity index is 1.72. The van der Waals surface area contributed by atoms with Gasteiger partial charge in [-0.3, -0.25) is 4.79 Å². The third kappa shape index (κ3) is 2.97. The van der Waals surface area contributed by atoms with Gasteiger partial charge in [-0.2, -0.15) is 0 Å². The molecule has 1 amide bonds. The van der Waals surface area contributed by atoms with Gasteiger partial charge in [0, 0.05) is 20.4 Å². The molecule has 0 aliphatic heterocycles. The summed E-state index contributed by atoms with van der Waals surface area (Å²) in [6.45, 7) is 0. The van der Waals surface area contributed by atoms with Gasteiger partial charge in [0.25, 0.3) is 0 Å². The number of thiazole rings is 1. The molecule has 19 heavy (non-hydrogen) atoms. The molecule has 1 aliphatic carbocycles. The summed E-state index contributed by atoms with van der Waals surface area (Å²) < 4.78 is 1.20. The average Bonchev–Trinajstić information content (AvgIpc) is 2.76. The zero-order valence-corrected chi connectivity index (χ0v) is 13.2. The van der Waals surface area contributed by atoms with Crippen LogP contribution in [-0.2, 0) is 4.79 Å². The van der Waals surface area contributed by atoms with Gasteiger partial charge in [0.15, 0.2) is 5.13 Å². The van der Waals surface area contributed by atoms with E-state index < -0.39 is 0 Å². The molecule has 5 heteroatoms. The largest absolute Gasteiger partial charge is 0.302 e. The Morgan fingerprint density at radius 3 is 2.68 bits per heavy atom. The van der Waals surface area contributed by atoms with E-state index in [4.69, 9.17) is 0 Å². The molecule has 2 aromatic rings. The Morgan fingerprint density at radius 1 is 1.32 bits per heavy atom. The zero-order chi connectivity index (χ0) is 13.2. The first-order valence-corrected chi connectivity index (χ1v) is 8.20. The Labute approximate surface area is 129 Å². The highest BCUT2D eigenvalue weighted by Gasteiger charge is 2.25. The summed E-state index contributed by atoms with van der Waals surface area (Å²) >= 11 is 3.76. The number of nitrogens with one attached hydrogen (secondary N) is 1. The summed E-state index contributed by atoms with van der Waals surface area (Å²) in [5.41, 5.74) is 2.01. The van der Waals surface area contributed by atoms with Crippen LogP contribution in [0.4, 0.5) is 5.13 Å². The lowest BCUT2D eigenvalue weighted by molar-refractivity contribution is -0.122. The number of rotatable bonds is 3. The smallest absolute Gasteiger partial charge is 0.229 e. The van der Waals surface area contributed by atoms with Gasteiger partial charge in [0.05, 0.1) is 5.69 Å². The third-order valence-electron chi connectivity index (χ3n) is 3.35. The number of carbonyl (C=O) groups excluding carboxylic acids is 1. The van der Waals surface area contributed by atoms with Crippen LogP contribution in [0, 0.1) is 9.49 Å². The predicted octanol–water partition coefficient (Wildman–Crippen LogP) is 4.15. The van der Waals surface area contributed by atoms with E-state index in [0.29, 0.717) is 5.13 Å². The number of hydrogen-bond donors (Lipinski definition) is 1. The molecule has 3 nitrogen and oxygen atoms in total. The normalized spacial score (nSPS) is 15.0. The molecule has 1 saturated carbocycles. The van der Waals surface area contributed by atoms with Gasteiger partial charge in [-0.15, -0.1) is 11.3 Å². The molecule has 1 aliphatic rings. The number of halogens is 1. The minimum Gasteiger partial charge on any atom is -0.302 e. The van der Waals surface area contributed by atoms with Crippen LogP contribution in [0.5, 0.6) is 0 Å². The van der Waals surface area contributed by atoms with Crippen LogP contribution in [0.3, 0.4) is 0 Å². The zero-order valence-electron chi connectivity index (χ0n) is 10.2. The van der Waals surface area contributed by atoms with Crippen molar-refractivity contribution in [2.24, 2.45) is 5.92 Å². The minimum absolute atomic E-state index is 0.120. The average molecular weight is 384 g/mol. The number of anilines is 1. The second kappa shape index (κ2) is 5.58. The van der Waals surface area contributed by atoms with Crippen molar-refractivity contribution in [3.05, 3.63) is 33.2 Å². The van der Waals surface area contributed by atoms with Crippen molar-refractivity contribution in [3.8, 4) is 11.3 Å². The van der Waals surface area contributed by atoms with Gasteiger partial charge < -0.3 is 5.32 Å². The maximum Gasteiger partial charge on any atom is 0.229 e. The molecule has 0 spiro atoms. The molecule has 0 atom stereocenters. The second-order valence-corrected chi connectivity index (χ2v) is 6.77. The molecule has 1 N–H and O–H groups in total. The van der Waals surface area contributed by atoms with Crippen LogP contribution < -0.4 is 5.32 Å². The molecule has 1 aromatic carbocycles. The Bertz CT molecular complexity index is 590. The summed E-state index contributed by atoms with van der Waals surface area (Å²) in [7, 11) is 0.